The number of sulfone groups is 1. The Morgan fingerprint density at radius 1 is 1.15 bits per heavy atom. The Hall–Kier alpha value is -1.08. The highest BCUT2D eigenvalue weighted by Gasteiger charge is 2.50. The zero-order valence-corrected chi connectivity index (χ0v) is 17.1. The van der Waals surface area contributed by atoms with Crippen LogP contribution in [0.4, 0.5) is 13.2 Å². The molecule has 0 saturated carbocycles. The summed E-state index contributed by atoms with van der Waals surface area (Å²) in [5, 5.41) is 6.01. The zero-order chi connectivity index (χ0) is 20.7. The van der Waals surface area contributed by atoms with Gasteiger partial charge in [-0.2, -0.15) is 17.5 Å². The number of nitrogens with one attached hydrogen (secondary N) is 2. The van der Waals surface area contributed by atoms with Crippen LogP contribution in [0, 0.1) is 5.92 Å². The van der Waals surface area contributed by atoms with Crippen molar-refractivity contribution in [1.29, 1.82) is 0 Å². The molecule has 13 heteroatoms. The third kappa shape index (κ3) is 8.21. The number of nitrogens with zero attached hydrogens (tertiary/aromatic N) is 2. The van der Waals surface area contributed by atoms with E-state index in [9.17, 15) is 30.0 Å². The fraction of sp³-hybridized carbons (Fsp3) is 0.929. The molecule has 1 aliphatic heterocycles. The number of hydrogen-bond acceptors (Lipinski definition) is 5. The maximum Gasteiger partial charge on any atom is 0.511 e. The topological polar surface area (TPSA) is 108 Å². The van der Waals surface area contributed by atoms with Crippen molar-refractivity contribution in [2.45, 2.75) is 31.7 Å². The van der Waals surface area contributed by atoms with E-state index < -0.39 is 25.4 Å². The molecule has 1 fully saturated rings. The Balaban J connectivity index is 2.50. The van der Waals surface area contributed by atoms with Crippen molar-refractivity contribution in [1.82, 2.24) is 14.9 Å². The van der Waals surface area contributed by atoms with Crippen molar-refractivity contribution in [3.63, 3.8) is 0 Å². The van der Waals surface area contributed by atoms with E-state index in [1.165, 1.54) is 0 Å². The minimum absolute atomic E-state index is 0.0174. The van der Waals surface area contributed by atoms with E-state index in [0.717, 1.165) is 6.26 Å². The van der Waals surface area contributed by atoms with Gasteiger partial charge in [0.15, 0.2) is 5.96 Å². The second kappa shape index (κ2) is 9.92. The molecule has 0 atom stereocenters. The van der Waals surface area contributed by atoms with Crippen LogP contribution < -0.4 is 10.6 Å². The molecule has 27 heavy (non-hydrogen) atoms. The summed E-state index contributed by atoms with van der Waals surface area (Å²) in [5.74, 6) is 0.540. The van der Waals surface area contributed by atoms with Gasteiger partial charge in [0, 0.05) is 39.0 Å². The fourth-order valence-corrected chi connectivity index (χ4v) is 4.23. The van der Waals surface area contributed by atoms with Gasteiger partial charge in [0.1, 0.15) is 9.84 Å². The highest BCUT2D eigenvalue weighted by Crippen LogP contribution is 2.30. The Morgan fingerprint density at radius 3 is 2.22 bits per heavy atom. The van der Waals surface area contributed by atoms with Crippen LogP contribution in [0.2, 0.25) is 0 Å². The lowest BCUT2D eigenvalue weighted by Gasteiger charge is -2.30. The first-order valence-corrected chi connectivity index (χ1v) is 12.1. The number of hydrogen-bond donors (Lipinski definition) is 2. The predicted molar refractivity (Wildman–Crippen MR) is 97.6 cm³/mol. The van der Waals surface area contributed by atoms with Gasteiger partial charge in [0.25, 0.3) is 0 Å². The normalized spacial score (nSPS) is 18.5. The summed E-state index contributed by atoms with van der Waals surface area (Å²) in [4.78, 5) is 4.36. The molecule has 8 nitrogen and oxygen atoms in total. The first-order valence-electron chi connectivity index (χ1n) is 8.63. The van der Waals surface area contributed by atoms with Gasteiger partial charge in [-0.25, -0.2) is 16.8 Å². The van der Waals surface area contributed by atoms with Crippen LogP contribution in [-0.2, 0) is 19.9 Å². The van der Waals surface area contributed by atoms with Crippen molar-refractivity contribution >= 4 is 25.8 Å². The van der Waals surface area contributed by atoms with Gasteiger partial charge in [0.05, 0.1) is 5.75 Å². The average Bonchev–Trinajstić information content (AvgIpc) is 2.55. The molecule has 0 aliphatic carbocycles. The highest BCUT2D eigenvalue weighted by atomic mass is 32.2. The molecule has 1 heterocycles. The van der Waals surface area contributed by atoms with E-state index in [4.69, 9.17) is 0 Å². The Kier molecular flexibility index (Phi) is 8.80. The Labute approximate surface area is 158 Å². The van der Waals surface area contributed by atoms with E-state index >= 15 is 0 Å². The zero-order valence-electron chi connectivity index (χ0n) is 15.4. The summed E-state index contributed by atoms with van der Waals surface area (Å²) in [6, 6.07) is 0. The molecular formula is C14H27F3N4O4S2. The molecule has 1 saturated heterocycles. The molecule has 0 aromatic rings. The van der Waals surface area contributed by atoms with Crippen LogP contribution in [0.15, 0.2) is 4.99 Å². The average molecular weight is 437 g/mol. The SMILES string of the molecule is CCNC(=NCC1CCN(S(=O)(=O)C(F)(F)F)CC1)NCCCS(C)(=O)=O. The molecule has 0 amide bonds. The number of alkyl halides is 3. The van der Waals surface area contributed by atoms with Gasteiger partial charge < -0.3 is 10.6 Å². The summed E-state index contributed by atoms with van der Waals surface area (Å²) in [5.41, 5.74) is -5.27. The maximum absolute atomic E-state index is 12.6. The summed E-state index contributed by atoms with van der Waals surface area (Å²) in [6.07, 6.45) is 2.19. The molecule has 0 spiro atoms. The molecule has 0 radical (unpaired) electrons. The number of halogens is 3. The van der Waals surface area contributed by atoms with E-state index in [1.807, 2.05) is 6.92 Å². The molecule has 160 valence electrons. The molecule has 1 rings (SSSR count). The van der Waals surface area contributed by atoms with Crippen molar-refractivity contribution in [3.05, 3.63) is 0 Å². The summed E-state index contributed by atoms with van der Waals surface area (Å²) in [6.45, 7) is 2.87. The number of aliphatic imine (C=N–C) groups is 1. The van der Waals surface area contributed by atoms with Crippen molar-refractivity contribution < 1.29 is 30.0 Å². The summed E-state index contributed by atoms with van der Waals surface area (Å²) >= 11 is 0. The standard InChI is InChI=1S/C14H27F3N4O4S2/c1-3-18-13(19-7-4-10-26(2,22)23)20-11-12-5-8-21(9-6-12)27(24,25)14(15,16)17/h12H,3-11H2,1-2H3,(H2,18,19,20). The first kappa shape index (κ1) is 24.0. The molecule has 2 N–H and O–H groups in total. The highest BCUT2D eigenvalue weighted by molar-refractivity contribution is 7.90. The predicted octanol–water partition coefficient (Wildman–Crippen LogP) is 0.538. The number of guanidine groups is 1. The van der Waals surface area contributed by atoms with Crippen molar-refractivity contribution in [3.8, 4) is 0 Å². The largest absolute Gasteiger partial charge is 0.511 e. The third-order valence-electron chi connectivity index (χ3n) is 4.04. The van der Waals surface area contributed by atoms with Gasteiger partial charge >= 0.3 is 15.5 Å². The van der Waals surface area contributed by atoms with Crippen LogP contribution >= 0.6 is 0 Å². The Morgan fingerprint density at radius 2 is 1.74 bits per heavy atom. The van der Waals surface area contributed by atoms with E-state index in [0.29, 0.717) is 49.2 Å². The minimum Gasteiger partial charge on any atom is -0.357 e. The van der Waals surface area contributed by atoms with Gasteiger partial charge in [0.2, 0.25) is 0 Å². The first-order chi connectivity index (χ1) is 12.4. The lowest BCUT2D eigenvalue weighted by atomic mass is 9.98. The summed E-state index contributed by atoms with van der Waals surface area (Å²) in [7, 11) is -8.29. The van der Waals surface area contributed by atoms with Gasteiger partial charge in [-0.15, -0.1) is 0 Å². The third-order valence-corrected chi connectivity index (χ3v) is 6.70. The van der Waals surface area contributed by atoms with Gasteiger partial charge in [-0.1, -0.05) is 0 Å². The Bertz CT molecular complexity index is 700. The van der Waals surface area contributed by atoms with Crippen LogP contribution in [-0.4, -0.2) is 77.3 Å². The lowest BCUT2D eigenvalue weighted by Crippen LogP contribution is -2.45. The van der Waals surface area contributed by atoms with Crippen molar-refractivity contribution in [2.75, 3.05) is 44.7 Å². The fourth-order valence-electron chi connectivity index (χ4n) is 2.58. The number of piperidine rings is 1. The van der Waals surface area contributed by atoms with Gasteiger partial charge in [-0.3, -0.25) is 4.99 Å². The lowest BCUT2D eigenvalue weighted by molar-refractivity contribution is -0.0496. The van der Waals surface area contributed by atoms with Crippen LogP contribution in [0.1, 0.15) is 26.2 Å². The van der Waals surface area contributed by atoms with E-state index in [-0.39, 0.29) is 24.8 Å². The molecule has 0 unspecified atom stereocenters. The van der Waals surface area contributed by atoms with Crippen LogP contribution in [0.25, 0.3) is 0 Å². The van der Waals surface area contributed by atoms with Crippen LogP contribution in [0.5, 0.6) is 0 Å². The monoisotopic (exact) mass is 436 g/mol. The summed E-state index contributed by atoms with van der Waals surface area (Å²) < 4.78 is 83.2. The molecule has 1 aliphatic rings. The molecule has 0 aromatic carbocycles. The quantitative estimate of drug-likeness (QED) is 0.327. The molecule has 0 bridgehead atoms. The smallest absolute Gasteiger partial charge is 0.357 e. The van der Waals surface area contributed by atoms with E-state index in [1.54, 1.807) is 0 Å². The van der Waals surface area contributed by atoms with E-state index in [2.05, 4.69) is 15.6 Å². The number of sulfonamides is 1. The van der Waals surface area contributed by atoms with Crippen molar-refractivity contribution in [2.24, 2.45) is 10.9 Å². The second-order valence-electron chi connectivity index (χ2n) is 6.42. The maximum atomic E-state index is 12.6. The van der Waals surface area contributed by atoms with Crippen LogP contribution in [0.3, 0.4) is 0 Å². The second-order valence-corrected chi connectivity index (χ2v) is 10.6. The molecule has 0 aromatic heterocycles. The number of rotatable bonds is 8. The minimum atomic E-state index is -5.27. The van der Waals surface area contributed by atoms with Gasteiger partial charge in [-0.05, 0) is 32.1 Å². The molecular weight excluding hydrogens is 409 g/mol.